The molecular formula is C27H38N2O2. The molecule has 1 atom stereocenters. The van der Waals surface area contributed by atoms with Crippen LogP contribution in [0.3, 0.4) is 0 Å². The molecule has 0 N–H and O–H groups in total. The van der Waals surface area contributed by atoms with Crippen LogP contribution in [0.2, 0.25) is 0 Å². The molecule has 0 aliphatic carbocycles. The number of carbonyl (C=O) groups excluding carboxylic acids is 1. The van der Waals surface area contributed by atoms with Crippen molar-refractivity contribution in [2.24, 2.45) is 10.2 Å². The van der Waals surface area contributed by atoms with E-state index >= 15 is 0 Å². The second-order valence-electron chi connectivity index (χ2n) is 8.16. The Labute approximate surface area is 188 Å². The second-order valence-corrected chi connectivity index (χ2v) is 8.16. The highest BCUT2D eigenvalue weighted by Gasteiger charge is 2.15. The molecule has 0 fully saturated rings. The zero-order valence-electron chi connectivity index (χ0n) is 19.5. The van der Waals surface area contributed by atoms with Gasteiger partial charge in [-0.3, -0.25) is 4.79 Å². The van der Waals surface area contributed by atoms with Gasteiger partial charge < -0.3 is 4.74 Å². The third-order valence-corrected chi connectivity index (χ3v) is 5.42. The molecule has 0 heterocycles. The third-order valence-electron chi connectivity index (χ3n) is 5.42. The van der Waals surface area contributed by atoms with Crippen molar-refractivity contribution in [3.8, 4) is 0 Å². The lowest BCUT2D eigenvalue weighted by molar-refractivity contribution is 0.0468. The monoisotopic (exact) mass is 422 g/mol. The molecule has 2 aromatic carbocycles. The van der Waals surface area contributed by atoms with Gasteiger partial charge in [0.1, 0.15) is 6.10 Å². The Balaban J connectivity index is 1.80. The van der Waals surface area contributed by atoms with Crippen molar-refractivity contribution in [2.45, 2.75) is 84.7 Å². The first-order valence-electron chi connectivity index (χ1n) is 11.9. The smallest absolute Gasteiger partial charge is 0.191 e. The average Bonchev–Trinajstić information content (AvgIpc) is 2.80. The molecular weight excluding hydrogens is 384 g/mol. The Morgan fingerprint density at radius 2 is 1.32 bits per heavy atom. The minimum atomic E-state index is -0.422. The molecule has 31 heavy (non-hydrogen) atoms. The lowest BCUT2D eigenvalue weighted by atomic mass is 10.0. The number of carbonyl (C=O) groups is 1. The van der Waals surface area contributed by atoms with Gasteiger partial charge in [-0.25, -0.2) is 0 Å². The minimum Gasteiger partial charge on any atom is -0.370 e. The van der Waals surface area contributed by atoms with Crippen molar-refractivity contribution in [2.75, 3.05) is 6.61 Å². The number of nitrogens with zero attached hydrogens (tertiary/aromatic N) is 2. The molecule has 2 rings (SSSR count). The van der Waals surface area contributed by atoms with Crippen LogP contribution in [0.25, 0.3) is 0 Å². The first-order valence-corrected chi connectivity index (χ1v) is 11.9. The van der Waals surface area contributed by atoms with Crippen LogP contribution in [0, 0.1) is 0 Å². The fraction of sp³-hybridized carbons (Fsp3) is 0.519. The first-order chi connectivity index (χ1) is 15.1. The number of rotatable bonds is 15. The summed E-state index contributed by atoms with van der Waals surface area (Å²) in [5.74, 6) is 0.000504. The van der Waals surface area contributed by atoms with E-state index in [1.54, 1.807) is 12.1 Å². The Morgan fingerprint density at radius 1 is 0.774 bits per heavy atom. The summed E-state index contributed by atoms with van der Waals surface area (Å²) in [6.45, 7) is 6.78. The van der Waals surface area contributed by atoms with Crippen LogP contribution in [-0.4, -0.2) is 18.5 Å². The van der Waals surface area contributed by atoms with Gasteiger partial charge in [0.25, 0.3) is 0 Å². The van der Waals surface area contributed by atoms with Gasteiger partial charge in [-0.1, -0.05) is 64.5 Å². The van der Waals surface area contributed by atoms with Crippen molar-refractivity contribution < 1.29 is 9.53 Å². The van der Waals surface area contributed by atoms with Crippen molar-refractivity contribution >= 4 is 17.2 Å². The van der Waals surface area contributed by atoms with Gasteiger partial charge >= 0.3 is 0 Å². The van der Waals surface area contributed by atoms with Crippen LogP contribution in [-0.2, 0) is 11.2 Å². The Kier molecular flexibility index (Phi) is 11.8. The van der Waals surface area contributed by atoms with E-state index in [4.69, 9.17) is 4.74 Å². The summed E-state index contributed by atoms with van der Waals surface area (Å²) in [6.07, 6.45) is 10.6. The van der Waals surface area contributed by atoms with Crippen molar-refractivity contribution in [1.82, 2.24) is 0 Å². The fourth-order valence-corrected chi connectivity index (χ4v) is 3.36. The Morgan fingerprint density at radius 3 is 1.94 bits per heavy atom. The molecule has 0 aliphatic rings. The normalized spacial score (nSPS) is 12.4. The number of hydrogen-bond donors (Lipinski definition) is 0. The molecule has 0 saturated heterocycles. The van der Waals surface area contributed by atoms with Crippen LogP contribution in [0.5, 0.6) is 0 Å². The van der Waals surface area contributed by atoms with Gasteiger partial charge in [0.2, 0.25) is 0 Å². The molecule has 0 aliphatic heterocycles. The molecule has 4 nitrogen and oxygen atoms in total. The van der Waals surface area contributed by atoms with E-state index in [1.807, 2.05) is 31.2 Å². The molecule has 4 heteroatoms. The lowest BCUT2D eigenvalue weighted by Gasteiger charge is -2.11. The molecule has 0 radical (unpaired) electrons. The van der Waals surface area contributed by atoms with Crippen molar-refractivity contribution in [1.29, 1.82) is 0 Å². The Hall–Kier alpha value is -2.33. The molecule has 0 amide bonds. The summed E-state index contributed by atoms with van der Waals surface area (Å²) in [4.78, 5) is 12.4. The van der Waals surface area contributed by atoms with Crippen LogP contribution in [0.15, 0.2) is 58.8 Å². The number of ether oxygens (including phenoxy) is 1. The van der Waals surface area contributed by atoms with Gasteiger partial charge in [0.05, 0.1) is 11.4 Å². The topological polar surface area (TPSA) is 51.0 Å². The highest BCUT2D eigenvalue weighted by atomic mass is 16.5. The zero-order valence-corrected chi connectivity index (χ0v) is 19.5. The van der Waals surface area contributed by atoms with Crippen LogP contribution < -0.4 is 0 Å². The maximum absolute atomic E-state index is 12.4. The van der Waals surface area contributed by atoms with Crippen molar-refractivity contribution in [3.05, 3.63) is 59.7 Å². The number of Topliss-reactive ketones (excluding diaryl/α,β-unsaturated/α-hetero) is 1. The average molecular weight is 423 g/mol. The maximum atomic E-state index is 12.4. The molecule has 0 aromatic heterocycles. The van der Waals surface area contributed by atoms with Crippen molar-refractivity contribution in [3.63, 3.8) is 0 Å². The van der Waals surface area contributed by atoms with Gasteiger partial charge in [0, 0.05) is 12.2 Å². The largest absolute Gasteiger partial charge is 0.370 e. The summed E-state index contributed by atoms with van der Waals surface area (Å²) < 4.78 is 5.60. The summed E-state index contributed by atoms with van der Waals surface area (Å²) in [7, 11) is 0. The molecule has 2 aromatic rings. The van der Waals surface area contributed by atoms with Gasteiger partial charge in [0.15, 0.2) is 5.78 Å². The Bertz CT molecular complexity index is 782. The summed E-state index contributed by atoms with van der Waals surface area (Å²) in [6, 6.07) is 15.5. The quantitative estimate of drug-likeness (QED) is 0.164. The molecule has 1 unspecified atom stereocenters. The van der Waals surface area contributed by atoms with E-state index in [9.17, 15) is 4.79 Å². The highest BCUT2D eigenvalue weighted by molar-refractivity contribution is 5.99. The molecule has 0 bridgehead atoms. The predicted octanol–water partition coefficient (Wildman–Crippen LogP) is 8.39. The van der Waals surface area contributed by atoms with E-state index in [2.05, 4.69) is 36.2 Å². The SMILES string of the molecule is CCCCCCCCc1ccc(N=Nc2ccc(C(=O)C(C)OCCCC)cc2)cc1. The lowest BCUT2D eigenvalue weighted by Crippen LogP contribution is -2.21. The van der Waals surface area contributed by atoms with E-state index in [1.165, 1.54) is 44.1 Å². The number of aryl methyl sites for hydroxylation is 1. The van der Waals surface area contributed by atoms with Gasteiger partial charge in [-0.2, -0.15) is 10.2 Å². The first kappa shape index (κ1) is 24.9. The van der Waals surface area contributed by atoms with Gasteiger partial charge in [-0.15, -0.1) is 0 Å². The fourth-order valence-electron chi connectivity index (χ4n) is 3.36. The zero-order chi connectivity index (χ0) is 22.3. The van der Waals surface area contributed by atoms with Crippen LogP contribution in [0.1, 0.15) is 88.1 Å². The summed E-state index contributed by atoms with van der Waals surface area (Å²) >= 11 is 0. The third kappa shape index (κ3) is 9.56. The molecule has 0 spiro atoms. The summed E-state index contributed by atoms with van der Waals surface area (Å²) in [5.41, 5.74) is 3.56. The number of unbranched alkanes of at least 4 members (excludes halogenated alkanes) is 6. The maximum Gasteiger partial charge on any atom is 0.191 e. The van der Waals surface area contributed by atoms with E-state index in [0.29, 0.717) is 12.2 Å². The minimum absolute atomic E-state index is 0.000504. The van der Waals surface area contributed by atoms with Crippen LogP contribution in [0.4, 0.5) is 11.4 Å². The van der Waals surface area contributed by atoms with E-state index < -0.39 is 6.10 Å². The number of hydrogen-bond acceptors (Lipinski definition) is 4. The molecule has 0 saturated carbocycles. The number of azo groups is 1. The van der Waals surface area contributed by atoms with Gasteiger partial charge in [-0.05, 0) is 68.1 Å². The standard InChI is InChI=1S/C27H38N2O2/c1-4-6-8-9-10-11-12-23-13-17-25(18-14-23)28-29-26-19-15-24(16-20-26)27(30)22(3)31-21-7-5-2/h13-20,22H,4-12,21H2,1-3H3. The second kappa shape index (κ2) is 14.6. The molecule has 168 valence electrons. The number of benzene rings is 2. The summed E-state index contributed by atoms with van der Waals surface area (Å²) in [5, 5.41) is 8.62. The van der Waals surface area contributed by atoms with Crippen LogP contribution >= 0.6 is 0 Å². The predicted molar refractivity (Wildman–Crippen MR) is 129 cm³/mol. The van der Waals surface area contributed by atoms with E-state index in [-0.39, 0.29) is 5.78 Å². The number of ketones is 1. The van der Waals surface area contributed by atoms with E-state index in [0.717, 1.165) is 30.6 Å². The highest BCUT2D eigenvalue weighted by Crippen LogP contribution is 2.21.